The molecule has 2 aromatic carbocycles. The molecule has 0 saturated carbocycles. The number of benzene rings is 2. The summed E-state index contributed by atoms with van der Waals surface area (Å²) in [5.41, 5.74) is 7.22. The van der Waals surface area contributed by atoms with Gasteiger partial charge < -0.3 is 10.6 Å². The van der Waals surface area contributed by atoms with Crippen LogP contribution in [-0.4, -0.2) is 11.5 Å². The summed E-state index contributed by atoms with van der Waals surface area (Å²) in [6, 6.07) is 15.3. The van der Waals surface area contributed by atoms with Crippen LogP contribution < -0.4 is 10.6 Å². The highest BCUT2D eigenvalue weighted by Crippen LogP contribution is 2.38. The lowest BCUT2D eigenvalue weighted by molar-refractivity contribution is -0.385. The van der Waals surface area contributed by atoms with Crippen molar-refractivity contribution in [2.75, 3.05) is 11.4 Å². The van der Waals surface area contributed by atoms with Crippen molar-refractivity contribution >= 4 is 54.6 Å². The zero-order valence-corrected chi connectivity index (χ0v) is 16.3. The minimum atomic E-state index is -0.473. The standard InChI is InChI=1S/C16H13Br2N5O2.CH4/c1-2-22(8-7-19)12-5-3-11(4-6-12)20-21-16-14(17)9-13(23(24)25)10-15(16)18;/h3-6,9-10H,2,19H2,1H3;1H4. The van der Waals surface area contributed by atoms with Gasteiger partial charge in [0.05, 0.1) is 19.6 Å². The van der Waals surface area contributed by atoms with Crippen molar-refractivity contribution in [2.24, 2.45) is 16.0 Å². The summed E-state index contributed by atoms with van der Waals surface area (Å²) in [5.74, 6) is 0. The molecular formula is C17H17Br2N5O2. The Kier molecular flexibility index (Phi) is 8.22. The van der Waals surface area contributed by atoms with Gasteiger partial charge in [-0.3, -0.25) is 10.1 Å². The molecule has 26 heavy (non-hydrogen) atoms. The van der Waals surface area contributed by atoms with E-state index >= 15 is 0 Å². The molecular weight excluding hydrogens is 466 g/mol. The molecule has 0 aliphatic carbocycles. The smallest absolute Gasteiger partial charge is 0.271 e. The highest BCUT2D eigenvalue weighted by molar-refractivity contribution is 9.11. The number of azo groups is 1. The van der Waals surface area contributed by atoms with Crippen molar-refractivity contribution in [1.29, 1.82) is 0 Å². The lowest BCUT2D eigenvalue weighted by atomic mass is 10.2. The third kappa shape index (κ3) is 5.28. The van der Waals surface area contributed by atoms with E-state index in [-0.39, 0.29) is 13.1 Å². The summed E-state index contributed by atoms with van der Waals surface area (Å²) in [5, 5.41) is 19.2. The topological polar surface area (TPSA) is 97.1 Å². The molecule has 2 N–H and O–H groups in total. The average molecular weight is 483 g/mol. The monoisotopic (exact) mass is 481 g/mol. The Balaban J connectivity index is 0.00000338. The zero-order chi connectivity index (χ0) is 18.4. The molecule has 7 nitrogen and oxygen atoms in total. The van der Waals surface area contributed by atoms with Crippen LogP contribution in [0.4, 0.5) is 22.7 Å². The van der Waals surface area contributed by atoms with Crippen LogP contribution >= 0.6 is 31.9 Å². The summed E-state index contributed by atoms with van der Waals surface area (Å²) in [6.45, 7) is 2.68. The van der Waals surface area contributed by atoms with E-state index in [1.807, 2.05) is 24.0 Å². The van der Waals surface area contributed by atoms with Gasteiger partial charge in [-0.1, -0.05) is 7.43 Å². The molecule has 0 heterocycles. The number of rotatable bonds is 5. The first-order valence-electron chi connectivity index (χ1n) is 7.10. The number of hydrogen-bond donors (Lipinski definition) is 1. The van der Waals surface area contributed by atoms with E-state index < -0.39 is 4.92 Å². The van der Waals surface area contributed by atoms with Gasteiger partial charge in [-0.2, -0.15) is 5.11 Å². The van der Waals surface area contributed by atoms with Crippen LogP contribution in [0, 0.1) is 22.2 Å². The van der Waals surface area contributed by atoms with E-state index in [2.05, 4.69) is 54.2 Å². The Bertz CT molecular complexity index is 850. The predicted molar refractivity (Wildman–Crippen MR) is 111 cm³/mol. The van der Waals surface area contributed by atoms with Crippen LogP contribution in [0.2, 0.25) is 0 Å². The van der Waals surface area contributed by atoms with Crippen LogP contribution in [0.1, 0.15) is 14.4 Å². The maximum atomic E-state index is 10.8. The number of anilines is 1. The minimum Gasteiger partial charge on any atom is -0.358 e. The third-order valence-corrected chi connectivity index (χ3v) is 4.36. The van der Waals surface area contributed by atoms with Crippen LogP contribution in [0.25, 0.3) is 0 Å². The molecule has 0 unspecified atom stereocenters. The largest absolute Gasteiger partial charge is 0.358 e. The minimum absolute atomic E-state index is 0. The van der Waals surface area contributed by atoms with E-state index in [0.29, 0.717) is 26.9 Å². The molecule has 0 amide bonds. The molecule has 9 heteroatoms. The summed E-state index contributed by atoms with van der Waals surface area (Å²) >= 11 is 6.55. The number of non-ortho nitro benzene ring substituents is 1. The SMILES string of the molecule is C.CCN(C#CN)c1ccc(N=Nc2c(Br)cc([N+](=O)[O-])cc2Br)cc1. The Morgan fingerprint density at radius 3 is 2.23 bits per heavy atom. The number of hydrogen-bond acceptors (Lipinski definition) is 6. The molecule has 2 aromatic rings. The van der Waals surface area contributed by atoms with Gasteiger partial charge in [0.25, 0.3) is 5.69 Å². The zero-order valence-electron chi connectivity index (χ0n) is 13.1. The van der Waals surface area contributed by atoms with Gasteiger partial charge in [-0.15, -0.1) is 5.11 Å². The predicted octanol–water partition coefficient (Wildman–Crippen LogP) is 5.87. The van der Waals surface area contributed by atoms with Gasteiger partial charge in [0.15, 0.2) is 0 Å². The quantitative estimate of drug-likeness (QED) is 0.189. The fraction of sp³-hybridized carbons (Fsp3) is 0.176. The number of nitro benzene ring substituents is 1. The lowest BCUT2D eigenvalue weighted by Gasteiger charge is -2.14. The molecule has 0 aliphatic rings. The second-order valence-electron chi connectivity index (χ2n) is 4.73. The summed E-state index contributed by atoms with van der Waals surface area (Å²) in [6.07, 6.45) is 0. The van der Waals surface area contributed by atoms with Gasteiger partial charge in [0, 0.05) is 36.5 Å². The Hall–Kier alpha value is -2.44. The fourth-order valence-electron chi connectivity index (χ4n) is 1.96. The molecule has 0 aliphatic heterocycles. The van der Waals surface area contributed by atoms with Crippen LogP contribution in [0.15, 0.2) is 55.6 Å². The summed E-state index contributed by atoms with van der Waals surface area (Å²) in [4.78, 5) is 12.2. The summed E-state index contributed by atoms with van der Waals surface area (Å²) < 4.78 is 0.952. The van der Waals surface area contributed by atoms with E-state index in [9.17, 15) is 10.1 Å². The van der Waals surface area contributed by atoms with Gasteiger partial charge in [-0.05, 0) is 63.0 Å². The van der Waals surface area contributed by atoms with Crippen molar-refractivity contribution in [1.82, 2.24) is 0 Å². The number of nitro groups is 1. The number of nitrogens with zero attached hydrogens (tertiary/aromatic N) is 4. The highest BCUT2D eigenvalue weighted by atomic mass is 79.9. The van der Waals surface area contributed by atoms with Crippen LogP contribution in [-0.2, 0) is 0 Å². The van der Waals surface area contributed by atoms with Crippen molar-refractivity contribution in [3.63, 3.8) is 0 Å². The summed E-state index contributed by atoms with van der Waals surface area (Å²) in [7, 11) is 0. The van der Waals surface area contributed by atoms with Crippen molar-refractivity contribution in [3.8, 4) is 12.1 Å². The third-order valence-electron chi connectivity index (χ3n) is 3.16. The second kappa shape index (κ2) is 9.89. The first-order chi connectivity index (χ1) is 12.0. The molecule has 0 saturated heterocycles. The number of nitrogens with two attached hydrogens (primary N) is 1. The van der Waals surface area contributed by atoms with Crippen LogP contribution in [0.3, 0.4) is 0 Å². The van der Waals surface area contributed by atoms with Gasteiger partial charge in [0.1, 0.15) is 5.69 Å². The maximum Gasteiger partial charge on any atom is 0.271 e. The first kappa shape index (κ1) is 21.6. The average Bonchev–Trinajstić information content (AvgIpc) is 2.59. The lowest BCUT2D eigenvalue weighted by Crippen LogP contribution is -2.15. The van der Waals surface area contributed by atoms with Gasteiger partial charge in [-0.25, -0.2) is 0 Å². The van der Waals surface area contributed by atoms with Crippen molar-refractivity contribution in [2.45, 2.75) is 14.4 Å². The Morgan fingerprint density at radius 1 is 1.19 bits per heavy atom. The molecule has 0 fully saturated rings. The molecule has 0 spiro atoms. The molecule has 0 bridgehead atoms. The van der Waals surface area contributed by atoms with Crippen molar-refractivity contribution in [3.05, 3.63) is 55.5 Å². The second-order valence-corrected chi connectivity index (χ2v) is 6.44. The van der Waals surface area contributed by atoms with Crippen molar-refractivity contribution < 1.29 is 4.92 Å². The maximum absolute atomic E-state index is 10.8. The molecule has 0 radical (unpaired) electrons. The first-order valence-corrected chi connectivity index (χ1v) is 8.69. The Morgan fingerprint density at radius 2 is 1.77 bits per heavy atom. The van der Waals surface area contributed by atoms with Gasteiger partial charge >= 0.3 is 0 Å². The molecule has 2 rings (SSSR count). The fourth-order valence-corrected chi connectivity index (χ4v) is 3.29. The normalized spacial score (nSPS) is 9.96. The molecule has 0 aromatic heterocycles. The van der Waals surface area contributed by atoms with E-state index in [0.717, 1.165) is 5.69 Å². The molecule has 0 atom stereocenters. The van der Waals surface area contributed by atoms with E-state index in [1.54, 1.807) is 12.1 Å². The van der Waals surface area contributed by atoms with E-state index in [4.69, 9.17) is 5.73 Å². The van der Waals surface area contributed by atoms with E-state index in [1.165, 1.54) is 12.1 Å². The Labute approximate surface area is 168 Å². The number of halogens is 2. The van der Waals surface area contributed by atoms with Crippen LogP contribution in [0.5, 0.6) is 0 Å². The van der Waals surface area contributed by atoms with Gasteiger partial charge in [0.2, 0.25) is 0 Å². The highest BCUT2D eigenvalue weighted by Gasteiger charge is 2.13. The molecule has 136 valence electrons.